The average molecular weight is 312 g/mol. The highest BCUT2D eigenvalue weighted by molar-refractivity contribution is 5.20. The lowest BCUT2D eigenvalue weighted by atomic mass is 9.87. The Morgan fingerprint density at radius 3 is 2.70 bits per heavy atom. The zero-order valence-corrected chi connectivity index (χ0v) is 13.6. The minimum absolute atomic E-state index is 0.228. The molecule has 1 aromatic carbocycles. The fraction of sp³-hybridized carbons (Fsp3) is 0.421. The third-order valence-electron chi connectivity index (χ3n) is 4.49. The molecule has 0 saturated carbocycles. The number of rotatable bonds is 5. The van der Waals surface area contributed by atoms with Crippen molar-refractivity contribution in [3.05, 3.63) is 59.8 Å². The summed E-state index contributed by atoms with van der Waals surface area (Å²) in [6.45, 7) is 3.04. The number of aromatic nitrogens is 1. The van der Waals surface area contributed by atoms with E-state index >= 15 is 0 Å². The summed E-state index contributed by atoms with van der Waals surface area (Å²) >= 11 is 0. The van der Waals surface area contributed by atoms with Crippen LogP contribution < -0.4 is 4.74 Å². The van der Waals surface area contributed by atoms with Crippen LogP contribution in [0.25, 0.3) is 0 Å². The molecule has 0 spiro atoms. The standard InChI is InChI=1S/C19H24N2O2/c1-23-19-9-5-8-18(20-19)17-10-16(14-22)12-21(13-17)11-15-6-3-2-4-7-15/h2-9,16-17,22H,10-14H2,1H3/t16-,17+/m1/s1. The number of likely N-dealkylation sites (tertiary alicyclic amines) is 1. The Balaban J connectivity index is 1.75. The van der Waals surface area contributed by atoms with Crippen LogP contribution in [-0.2, 0) is 6.54 Å². The van der Waals surface area contributed by atoms with E-state index in [0.29, 0.717) is 17.7 Å². The lowest BCUT2D eigenvalue weighted by Gasteiger charge is -2.37. The smallest absolute Gasteiger partial charge is 0.213 e. The SMILES string of the molecule is COc1cccc([C@H]2C[C@@H](CO)CN(Cc3ccccc3)C2)n1. The number of pyridine rings is 1. The maximum atomic E-state index is 9.67. The van der Waals surface area contributed by atoms with E-state index in [1.54, 1.807) is 7.11 Å². The largest absolute Gasteiger partial charge is 0.481 e. The Hall–Kier alpha value is -1.91. The molecule has 2 atom stereocenters. The Morgan fingerprint density at radius 2 is 1.96 bits per heavy atom. The molecule has 1 saturated heterocycles. The molecule has 4 heteroatoms. The van der Waals surface area contributed by atoms with Crippen molar-refractivity contribution < 1.29 is 9.84 Å². The molecular formula is C19H24N2O2. The van der Waals surface area contributed by atoms with Gasteiger partial charge in [0, 0.05) is 43.9 Å². The van der Waals surface area contributed by atoms with Gasteiger partial charge in [0.2, 0.25) is 5.88 Å². The highest BCUT2D eigenvalue weighted by Crippen LogP contribution is 2.30. The molecule has 1 aliphatic rings. The second-order valence-corrected chi connectivity index (χ2v) is 6.27. The molecule has 0 bridgehead atoms. The molecule has 3 rings (SSSR count). The number of aliphatic hydroxyl groups is 1. The maximum absolute atomic E-state index is 9.67. The maximum Gasteiger partial charge on any atom is 0.213 e. The Kier molecular flexibility index (Phi) is 5.26. The number of hydrogen-bond acceptors (Lipinski definition) is 4. The van der Waals surface area contributed by atoms with E-state index < -0.39 is 0 Å². The van der Waals surface area contributed by atoms with Crippen molar-refractivity contribution in [1.29, 1.82) is 0 Å². The van der Waals surface area contributed by atoms with Crippen molar-refractivity contribution in [2.24, 2.45) is 5.92 Å². The van der Waals surface area contributed by atoms with Crippen LogP contribution in [0.4, 0.5) is 0 Å². The van der Waals surface area contributed by atoms with E-state index in [9.17, 15) is 5.11 Å². The molecule has 1 aromatic heterocycles. The van der Waals surface area contributed by atoms with Crippen LogP contribution in [0.2, 0.25) is 0 Å². The fourth-order valence-electron chi connectivity index (χ4n) is 3.39. The van der Waals surface area contributed by atoms with Crippen LogP contribution >= 0.6 is 0 Å². The van der Waals surface area contributed by atoms with Gasteiger partial charge < -0.3 is 9.84 Å². The van der Waals surface area contributed by atoms with Crippen molar-refractivity contribution in [2.75, 3.05) is 26.8 Å². The number of methoxy groups -OCH3 is 1. The molecule has 1 fully saturated rings. The normalized spacial score (nSPS) is 22.0. The number of hydrogen-bond donors (Lipinski definition) is 1. The van der Waals surface area contributed by atoms with Crippen LogP contribution in [0.5, 0.6) is 5.88 Å². The summed E-state index contributed by atoms with van der Waals surface area (Å²) in [6, 6.07) is 16.4. The third kappa shape index (κ3) is 4.09. The lowest BCUT2D eigenvalue weighted by molar-refractivity contribution is 0.101. The Morgan fingerprint density at radius 1 is 1.13 bits per heavy atom. The molecule has 0 radical (unpaired) electrons. The molecule has 1 N–H and O–H groups in total. The lowest BCUT2D eigenvalue weighted by Crippen LogP contribution is -2.40. The molecular weight excluding hydrogens is 288 g/mol. The second kappa shape index (κ2) is 7.57. The van der Waals surface area contributed by atoms with Crippen molar-refractivity contribution in [3.63, 3.8) is 0 Å². The van der Waals surface area contributed by atoms with E-state index in [1.165, 1.54) is 5.56 Å². The summed E-state index contributed by atoms with van der Waals surface area (Å²) in [6.07, 6.45) is 0.974. The van der Waals surface area contributed by atoms with Crippen LogP contribution in [0.15, 0.2) is 48.5 Å². The van der Waals surface area contributed by atoms with Crippen LogP contribution in [0.3, 0.4) is 0 Å². The van der Waals surface area contributed by atoms with Gasteiger partial charge in [0.05, 0.1) is 7.11 Å². The van der Waals surface area contributed by atoms with E-state index in [0.717, 1.165) is 31.7 Å². The van der Waals surface area contributed by atoms with Crippen LogP contribution in [0, 0.1) is 5.92 Å². The average Bonchev–Trinajstić information content (AvgIpc) is 2.62. The second-order valence-electron chi connectivity index (χ2n) is 6.27. The zero-order chi connectivity index (χ0) is 16.1. The van der Waals surface area contributed by atoms with E-state index in [4.69, 9.17) is 4.74 Å². The third-order valence-corrected chi connectivity index (χ3v) is 4.49. The van der Waals surface area contributed by atoms with Gasteiger partial charge in [-0.2, -0.15) is 0 Å². The monoisotopic (exact) mass is 312 g/mol. The zero-order valence-electron chi connectivity index (χ0n) is 13.6. The predicted molar refractivity (Wildman–Crippen MR) is 90.4 cm³/mol. The van der Waals surface area contributed by atoms with Gasteiger partial charge in [-0.15, -0.1) is 0 Å². The molecule has 122 valence electrons. The fourth-order valence-corrected chi connectivity index (χ4v) is 3.39. The molecule has 1 aliphatic heterocycles. The van der Waals surface area contributed by atoms with Crippen molar-refractivity contribution in [2.45, 2.75) is 18.9 Å². The Labute approximate surface area is 137 Å². The van der Waals surface area contributed by atoms with Gasteiger partial charge in [0.1, 0.15) is 0 Å². The molecule has 0 amide bonds. The highest BCUT2D eigenvalue weighted by Gasteiger charge is 2.28. The summed E-state index contributed by atoms with van der Waals surface area (Å²) < 4.78 is 5.25. The molecule has 4 nitrogen and oxygen atoms in total. The molecule has 23 heavy (non-hydrogen) atoms. The minimum Gasteiger partial charge on any atom is -0.481 e. The quantitative estimate of drug-likeness (QED) is 0.922. The first-order valence-electron chi connectivity index (χ1n) is 8.16. The summed E-state index contributed by atoms with van der Waals surface area (Å²) in [4.78, 5) is 7.02. The number of benzene rings is 1. The molecule has 0 unspecified atom stereocenters. The van der Waals surface area contributed by atoms with Crippen molar-refractivity contribution in [1.82, 2.24) is 9.88 Å². The van der Waals surface area contributed by atoms with Crippen LogP contribution in [0.1, 0.15) is 23.6 Å². The van der Waals surface area contributed by atoms with Gasteiger partial charge in [-0.05, 0) is 24.0 Å². The highest BCUT2D eigenvalue weighted by atomic mass is 16.5. The summed E-state index contributed by atoms with van der Waals surface area (Å²) in [7, 11) is 1.64. The van der Waals surface area contributed by atoms with Crippen LogP contribution in [-0.4, -0.2) is 41.8 Å². The van der Waals surface area contributed by atoms with E-state index in [2.05, 4.69) is 40.2 Å². The molecule has 2 heterocycles. The first kappa shape index (κ1) is 16.0. The summed E-state index contributed by atoms with van der Waals surface area (Å²) in [5.41, 5.74) is 2.36. The Bertz CT molecular complexity index is 618. The first-order chi connectivity index (χ1) is 11.3. The number of piperidine rings is 1. The number of ether oxygens (including phenoxy) is 1. The minimum atomic E-state index is 0.228. The summed E-state index contributed by atoms with van der Waals surface area (Å²) in [5, 5.41) is 9.67. The van der Waals surface area contributed by atoms with Crippen molar-refractivity contribution in [3.8, 4) is 5.88 Å². The van der Waals surface area contributed by atoms with Gasteiger partial charge >= 0.3 is 0 Å². The van der Waals surface area contributed by atoms with Gasteiger partial charge in [-0.3, -0.25) is 4.90 Å². The number of nitrogens with zero attached hydrogens (tertiary/aromatic N) is 2. The van der Waals surface area contributed by atoms with E-state index in [1.807, 2.05) is 18.2 Å². The van der Waals surface area contributed by atoms with Gasteiger partial charge in [0.25, 0.3) is 0 Å². The number of aliphatic hydroxyl groups excluding tert-OH is 1. The van der Waals surface area contributed by atoms with Gasteiger partial charge in [-0.25, -0.2) is 4.98 Å². The topological polar surface area (TPSA) is 45.6 Å². The summed E-state index contributed by atoms with van der Waals surface area (Å²) in [5.74, 6) is 1.29. The molecule has 0 aliphatic carbocycles. The van der Waals surface area contributed by atoms with E-state index in [-0.39, 0.29) is 6.61 Å². The van der Waals surface area contributed by atoms with Gasteiger partial charge in [0.15, 0.2) is 0 Å². The molecule has 2 aromatic rings. The predicted octanol–water partition coefficient (Wildman–Crippen LogP) is 2.69. The van der Waals surface area contributed by atoms with Crippen molar-refractivity contribution >= 4 is 0 Å². The van der Waals surface area contributed by atoms with Gasteiger partial charge in [-0.1, -0.05) is 36.4 Å². The first-order valence-corrected chi connectivity index (χ1v) is 8.16.